The number of rotatable bonds is 4. The van der Waals surface area contributed by atoms with Gasteiger partial charge < -0.3 is 9.73 Å². The van der Waals surface area contributed by atoms with Crippen LogP contribution in [0.25, 0.3) is 32.1 Å². The van der Waals surface area contributed by atoms with Crippen molar-refractivity contribution in [2.45, 2.75) is 0 Å². The van der Waals surface area contributed by atoms with Crippen molar-refractivity contribution in [3.8, 4) is 21.9 Å². The summed E-state index contributed by atoms with van der Waals surface area (Å²) in [6, 6.07) is 22.4. The fourth-order valence-corrected chi connectivity index (χ4v) is 5.15. The van der Waals surface area contributed by atoms with Crippen LogP contribution in [0.3, 0.4) is 0 Å². The smallest absolute Gasteiger partial charge is 0.291 e. The van der Waals surface area contributed by atoms with Gasteiger partial charge in [-0.2, -0.15) is 0 Å². The van der Waals surface area contributed by atoms with Crippen molar-refractivity contribution < 1.29 is 9.21 Å². The van der Waals surface area contributed by atoms with Crippen LogP contribution < -0.4 is 5.32 Å². The highest BCUT2D eigenvalue weighted by Gasteiger charge is 2.18. The van der Waals surface area contributed by atoms with Gasteiger partial charge in [0, 0.05) is 14.7 Å². The number of furan rings is 1. The fourth-order valence-electron chi connectivity index (χ4n) is 3.27. The maximum atomic E-state index is 13.0. The number of hydrogen-bond donors (Lipinski definition) is 1. The lowest BCUT2D eigenvalue weighted by atomic mass is 10.2. The quantitative estimate of drug-likeness (QED) is 0.214. The average molecular weight is 591 g/mol. The van der Waals surface area contributed by atoms with Gasteiger partial charge in [0.05, 0.1) is 25.9 Å². The Bertz CT molecular complexity index is 1450. The van der Waals surface area contributed by atoms with Crippen LogP contribution in [0.2, 0.25) is 10.0 Å². The summed E-state index contributed by atoms with van der Waals surface area (Å²) in [6.07, 6.45) is 0. The van der Waals surface area contributed by atoms with E-state index < -0.39 is 0 Å². The van der Waals surface area contributed by atoms with Gasteiger partial charge in [-0.05, 0) is 77.2 Å². The minimum absolute atomic E-state index is 0.171. The molecule has 0 atom stereocenters. The summed E-state index contributed by atoms with van der Waals surface area (Å²) in [5.74, 6) is 0.277. The van der Waals surface area contributed by atoms with Gasteiger partial charge in [0.2, 0.25) is 0 Å². The van der Waals surface area contributed by atoms with Gasteiger partial charge in [-0.3, -0.25) is 4.79 Å². The summed E-state index contributed by atoms with van der Waals surface area (Å²) in [4.78, 5) is 17.7. The number of carbonyl (C=O) groups excluding carboxylic acids is 1. The van der Waals surface area contributed by atoms with E-state index in [0.29, 0.717) is 27.1 Å². The maximum Gasteiger partial charge on any atom is 0.291 e. The molecule has 3 aromatic carbocycles. The highest BCUT2D eigenvalue weighted by molar-refractivity contribution is 14.1. The average Bonchev–Trinajstić information content (AvgIpc) is 3.44. The van der Waals surface area contributed by atoms with Crippen molar-refractivity contribution in [1.82, 2.24) is 4.98 Å². The molecule has 0 radical (unpaired) electrons. The van der Waals surface area contributed by atoms with E-state index in [1.165, 1.54) is 0 Å². The molecule has 0 saturated carbocycles. The number of para-hydroxylation sites is 1. The van der Waals surface area contributed by atoms with E-state index in [2.05, 4.69) is 27.9 Å². The third kappa shape index (κ3) is 4.15. The summed E-state index contributed by atoms with van der Waals surface area (Å²) in [7, 11) is 0. The Morgan fingerprint density at radius 3 is 2.66 bits per heavy atom. The van der Waals surface area contributed by atoms with E-state index in [1.54, 1.807) is 41.7 Å². The standard InChI is InChI=1S/C24H13Cl2IN2O2S/c25-16-5-3-4-14(22(16)26)19-10-11-20(31-19)23(30)28-17-9-8-13(27)12-15(17)24-29-18-6-1-2-7-21(18)32-24/h1-12H,(H,28,30). The predicted molar refractivity (Wildman–Crippen MR) is 140 cm³/mol. The molecule has 158 valence electrons. The highest BCUT2D eigenvalue weighted by atomic mass is 127. The number of hydrogen-bond acceptors (Lipinski definition) is 4. The van der Waals surface area contributed by atoms with E-state index in [4.69, 9.17) is 32.6 Å². The van der Waals surface area contributed by atoms with Crippen molar-refractivity contribution in [2.75, 3.05) is 5.32 Å². The van der Waals surface area contributed by atoms with E-state index in [1.807, 2.05) is 42.5 Å². The number of nitrogens with one attached hydrogen (secondary N) is 1. The van der Waals surface area contributed by atoms with Crippen LogP contribution in [0.4, 0.5) is 5.69 Å². The summed E-state index contributed by atoms with van der Waals surface area (Å²) in [5.41, 5.74) is 3.07. The fraction of sp³-hybridized carbons (Fsp3) is 0. The molecular weight excluding hydrogens is 578 g/mol. The molecule has 2 aromatic heterocycles. The summed E-state index contributed by atoms with van der Waals surface area (Å²) >= 11 is 16.2. The van der Waals surface area contributed by atoms with Crippen molar-refractivity contribution in [3.63, 3.8) is 0 Å². The Hall–Kier alpha value is -2.39. The molecule has 0 aliphatic carbocycles. The molecule has 32 heavy (non-hydrogen) atoms. The zero-order chi connectivity index (χ0) is 22.2. The van der Waals surface area contributed by atoms with Gasteiger partial charge >= 0.3 is 0 Å². The van der Waals surface area contributed by atoms with Crippen LogP contribution in [0.1, 0.15) is 10.6 Å². The van der Waals surface area contributed by atoms with Crippen LogP contribution in [0, 0.1) is 3.57 Å². The molecule has 8 heteroatoms. The molecular formula is C24H13Cl2IN2O2S. The normalized spacial score (nSPS) is 11.1. The van der Waals surface area contributed by atoms with Gasteiger partial charge in [-0.1, -0.05) is 41.4 Å². The first-order chi connectivity index (χ1) is 15.5. The van der Waals surface area contributed by atoms with E-state index in [0.717, 1.165) is 24.4 Å². The van der Waals surface area contributed by atoms with Gasteiger partial charge in [0.1, 0.15) is 10.8 Å². The number of aromatic nitrogens is 1. The van der Waals surface area contributed by atoms with Crippen molar-refractivity contribution in [1.29, 1.82) is 0 Å². The number of fused-ring (bicyclic) bond motifs is 1. The molecule has 5 aromatic rings. The number of carbonyl (C=O) groups is 1. The zero-order valence-electron chi connectivity index (χ0n) is 16.2. The van der Waals surface area contributed by atoms with E-state index in [9.17, 15) is 4.79 Å². The largest absolute Gasteiger partial charge is 0.451 e. The van der Waals surface area contributed by atoms with Crippen LogP contribution in [0.5, 0.6) is 0 Å². The van der Waals surface area contributed by atoms with Crippen LogP contribution in [-0.2, 0) is 0 Å². The van der Waals surface area contributed by atoms with Crippen LogP contribution in [-0.4, -0.2) is 10.9 Å². The topological polar surface area (TPSA) is 55.1 Å². The number of nitrogens with zero attached hydrogens (tertiary/aromatic N) is 1. The molecule has 0 spiro atoms. The minimum atomic E-state index is -0.363. The summed E-state index contributed by atoms with van der Waals surface area (Å²) in [5, 5.41) is 4.60. The highest BCUT2D eigenvalue weighted by Crippen LogP contribution is 2.37. The van der Waals surface area contributed by atoms with Gasteiger partial charge in [0.15, 0.2) is 5.76 Å². The third-order valence-corrected chi connectivity index (χ3v) is 7.36. The molecule has 0 saturated heterocycles. The van der Waals surface area contributed by atoms with Gasteiger partial charge in [0.25, 0.3) is 5.91 Å². The maximum absolute atomic E-state index is 13.0. The van der Waals surface area contributed by atoms with Gasteiger partial charge in [-0.25, -0.2) is 4.98 Å². The Morgan fingerprint density at radius 2 is 1.81 bits per heavy atom. The minimum Gasteiger partial charge on any atom is -0.451 e. The lowest BCUT2D eigenvalue weighted by Crippen LogP contribution is -2.11. The second-order valence-electron chi connectivity index (χ2n) is 6.90. The Labute approximate surface area is 211 Å². The molecule has 5 rings (SSSR count). The summed E-state index contributed by atoms with van der Waals surface area (Å²) in [6.45, 7) is 0. The van der Waals surface area contributed by atoms with Crippen LogP contribution in [0.15, 0.2) is 77.2 Å². The third-order valence-electron chi connectivity index (χ3n) is 4.80. The molecule has 0 aliphatic rings. The second kappa shape index (κ2) is 8.86. The number of thiazole rings is 1. The molecule has 0 unspecified atom stereocenters. The number of halogens is 3. The zero-order valence-corrected chi connectivity index (χ0v) is 20.7. The molecule has 2 heterocycles. The van der Waals surface area contributed by atoms with Crippen molar-refractivity contribution in [3.05, 3.63) is 92.2 Å². The second-order valence-corrected chi connectivity index (χ2v) is 9.96. The van der Waals surface area contributed by atoms with Gasteiger partial charge in [-0.15, -0.1) is 11.3 Å². The SMILES string of the molecule is O=C(Nc1ccc(I)cc1-c1nc2ccccc2s1)c1ccc(-c2cccc(Cl)c2Cl)o1. The molecule has 1 amide bonds. The Kier molecular flexibility index (Phi) is 5.94. The number of amides is 1. The van der Waals surface area contributed by atoms with E-state index in [-0.39, 0.29) is 11.7 Å². The lowest BCUT2D eigenvalue weighted by Gasteiger charge is -2.09. The Morgan fingerprint density at radius 1 is 0.969 bits per heavy atom. The molecule has 0 bridgehead atoms. The number of anilines is 1. The molecule has 1 N–H and O–H groups in total. The summed E-state index contributed by atoms with van der Waals surface area (Å²) < 4.78 is 7.92. The lowest BCUT2D eigenvalue weighted by molar-refractivity contribution is 0.0997. The van der Waals surface area contributed by atoms with Crippen molar-refractivity contribution >= 4 is 78.9 Å². The predicted octanol–water partition coefficient (Wildman–Crippen LogP) is 8.39. The molecule has 0 aliphatic heterocycles. The van der Waals surface area contributed by atoms with Crippen molar-refractivity contribution in [2.24, 2.45) is 0 Å². The monoisotopic (exact) mass is 590 g/mol. The molecule has 0 fully saturated rings. The molecule has 4 nitrogen and oxygen atoms in total. The first kappa shape index (κ1) is 21.5. The number of benzene rings is 3. The Balaban J connectivity index is 1.47. The first-order valence-electron chi connectivity index (χ1n) is 9.50. The first-order valence-corrected chi connectivity index (χ1v) is 12.2. The van der Waals surface area contributed by atoms with Crippen LogP contribution >= 0.6 is 57.1 Å². The van der Waals surface area contributed by atoms with E-state index >= 15 is 0 Å².